The Morgan fingerprint density at radius 2 is 1.82 bits per heavy atom. The zero-order chi connectivity index (χ0) is 32.1. The Kier molecular flexibility index (Phi) is 9.86. The van der Waals surface area contributed by atoms with Gasteiger partial charge in [-0.15, -0.1) is 0 Å². The van der Waals surface area contributed by atoms with Gasteiger partial charge in [-0.2, -0.15) is 5.26 Å². The molecule has 9 nitrogen and oxygen atoms in total. The number of hydrogen-bond acceptors (Lipinski definition) is 9. The van der Waals surface area contributed by atoms with E-state index in [-0.39, 0.29) is 24.3 Å². The lowest BCUT2D eigenvalue weighted by atomic mass is 9.95. The van der Waals surface area contributed by atoms with Gasteiger partial charge in [-0.3, -0.25) is 9.36 Å². The van der Waals surface area contributed by atoms with Crippen LogP contribution in [0.4, 0.5) is 0 Å². The van der Waals surface area contributed by atoms with Gasteiger partial charge in [0.1, 0.15) is 12.4 Å². The molecule has 230 valence electrons. The van der Waals surface area contributed by atoms with E-state index in [0.29, 0.717) is 60.0 Å². The van der Waals surface area contributed by atoms with E-state index < -0.39 is 12.0 Å². The number of methoxy groups -OCH3 is 1. The van der Waals surface area contributed by atoms with Gasteiger partial charge in [-0.25, -0.2) is 9.79 Å². The molecule has 4 aromatic rings. The molecule has 0 fully saturated rings. The summed E-state index contributed by atoms with van der Waals surface area (Å²) < 4.78 is 25.5. The number of benzene rings is 3. The number of thiazole rings is 1. The fourth-order valence-electron chi connectivity index (χ4n) is 5.06. The lowest BCUT2D eigenvalue weighted by Gasteiger charge is -2.26. The van der Waals surface area contributed by atoms with Crippen LogP contribution in [0.2, 0.25) is 0 Å². The van der Waals surface area contributed by atoms with Gasteiger partial charge in [0.05, 0.1) is 53.8 Å². The number of esters is 1. The molecule has 1 aliphatic heterocycles. The maximum Gasteiger partial charge on any atom is 0.338 e. The molecule has 0 amide bonds. The topological polar surface area (TPSA) is 112 Å². The molecule has 1 aliphatic rings. The second-order valence-corrected chi connectivity index (χ2v) is 11.7. The third-order valence-electron chi connectivity index (χ3n) is 7.12. The molecule has 45 heavy (non-hydrogen) atoms. The van der Waals surface area contributed by atoms with Crippen LogP contribution >= 0.6 is 27.3 Å². The van der Waals surface area contributed by atoms with Crippen molar-refractivity contribution in [2.75, 3.05) is 20.3 Å². The number of rotatable bonds is 10. The Labute approximate surface area is 272 Å². The molecule has 1 atom stereocenters. The normalized spacial score (nSPS) is 14.3. The monoisotopic (exact) mass is 687 g/mol. The molecule has 11 heteroatoms. The maximum atomic E-state index is 14.2. The molecule has 0 saturated heterocycles. The highest BCUT2D eigenvalue weighted by Crippen LogP contribution is 2.41. The van der Waals surface area contributed by atoms with Crippen LogP contribution < -0.4 is 29.1 Å². The zero-order valence-electron chi connectivity index (χ0n) is 25.1. The predicted octanol–water partition coefficient (Wildman–Crippen LogP) is 5.42. The van der Waals surface area contributed by atoms with E-state index in [9.17, 15) is 14.9 Å². The third kappa shape index (κ3) is 6.43. The van der Waals surface area contributed by atoms with Crippen LogP contribution in [0.15, 0.2) is 86.2 Å². The van der Waals surface area contributed by atoms with E-state index >= 15 is 0 Å². The highest BCUT2D eigenvalue weighted by Gasteiger charge is 2.35. The van der Waals surface area contributed by atoms with Crippen molar-refractivity contribution >= 4 is 39.3 Å². The van der Waals surface area contributed by atoms with Crippen molar-refractivity contribution in [2.45, 2.75) is 33.4 Å². The average Bonchev–Trinajstić information content (AvgIpc) is 3.34. The summed E-state index contributed by atoms with van der Waals surface area (Å²) in [6.07, 6.45) is 1.75. The molecule has 2 heterocycles. The number of ether oxygens (including phenoxy) is 4. The van der Waals surface area contributed by atoms with E-state index in [2.05, 4.69) is 27.0 Å². The first-order valence-electron chi connectivity index (χ1n) is 14.2. The maximum absolute atomic E-state index is 14.2. The largest absolute Gasteiger partial charge is 0.493 e. The number of para-hydroxylation sites is 1. The summed E-state index contributed by atoms with van der Waals surface area (Å²) in [5.74, 6) is 0.971. The smallest absolute Gasteiger partial charge is 0.338 e. The van der Waals surface area contributed by atoms with Gasteiger partial charge in [0.2, 0.25) is 0 Å². The molecule has 0 N–H and O–H groups in total. The molecule has 0 bridgehead atoms. The second-order valence-electron chi connectivity index (χ2n) is 9.86. The highest BCUT2D eigenvalue weighted by molar-refractivity contribution is 9.10. The average molecular weight is 689 g/mol. The zero-order valence-corrected chi connectivity index (χ0v) is 27.5. The Bertz CT molecular complexity index is 2020. The molecular weight excluding hydrogens is 658 g/mol. The van der Waals surface area contributed by atoms with Gasteiger partial charge < -0.3 is 18.9 Å². The van der Waals surface area contributed by atoms with Crippen LogP contribution in [0.1, 0.15) is 49.1 Å². The number of carbonyl (C=O) groups excluding carboxylic acids is 1. The minimum Gasteiger partial charge on any atom is -0.493 e. The minimum atomic E-state index is -0.852. The Morgan fingerprint density at radius 3 is 2.56 bits per heavy atom. The van der Waals surface area contributed by atoms with Crippen LogP contribution in [0.5, 0.6) is 17.2 Å². The highest BCUT2D eigenvalue weighted by atomic mass is 79.9. The lowest BCUT2D eigenvalue weighted by molar-refractivity contribution is -0.139. The second kappa shape index (κ2) is 14.0. The number of nitrogens with zero attached hydrogens (tertiary/aromatic N) is 3. The summed E-state index contributed by atoms with van der Waals surface area (Å²) in [7, 11) is 1.53. The first kappa shape index (κ1) is 31.8. The lowest BCUT2D eigenvalue weighted by Crippen LogP contribution is -2.40. The Balaban J connectivity index is 1.65. The summed E-state index contributed by atoms with van der Waals surface area (Å²) in [5, 5.41) is 9.46. The number of allylic oxidation sites excluding steroid dienone is 1. The fourth-order valence-corrected chi connectivity index (χ4v) is 6.63. The number of carbonyl (C=O) groups is 1. The Hall–Kier alpha value is -4.66. The van der Waals surface area contributed by atoms with Crippen molar-refractivity contribution in [2.24, 2.45) is 4.99 Å². The molecule has 0 saturated carbocycles. The van der Waals surface area contributed by atoms with Crippen LogP contribution in [0.3, 0.4) is 0 Å². The van der Waals surface area contributed by atoms with Crippen molar-refractivity contribution in [3.05, 3.63) is 118 Å². The standard InChI is InChI=1S/C34H30BrN3O6S/c1-5-42-28-17-25(35)24(16-27(28)41-4)31-30(33(40)43-6-2)20(3)37-34-38(31)32(39)29(45-34)15-21-11-9-10-14-26(21)44-19-23-13-8-7-12-22(23)18-36/h7-17,31H,5-6,19H2,1-4H3/b29-15+/t31-/m1/s1. The van der Waals surface area contributed by atoms with Gasteiger partial charge in [0, 0.05) is 15.6 Å². The van der Waals surface area contributed by atoms with Crippen LogP contribution in [-0.4, -0.2) is 30.9 Å². The first-order chi connectivity index (χ1) is 21.8. The molecule has 1 aromatic heterocycles. The van der Waals surface area contributed by atoms with Crippen molar-refractivity contribution < 1.29 is 23.7 Å². The number of halogens is 1. The molecule has 3 aromatic carbocycles. The van der Waals surface area contributed by atoms with Gasteiger partial charge in [0.25, 0.3) is 5.56 Å². The van der Waals surface area contributed by atoms with E-state index in [1.165, 1.54) is 23.0 Å². The summed E-state index contributed by atoms with van der Waals surface area (Å²) >= 11 is 4.86. The van der Waals surface area contributed by atoms with Gasteiger partial charge in [0.15, 0.2) is 16.3 Å². The summed E-state index contributed by atoms with van der Waals surface area (Å²) in [5.41, 5.74) is 2.95. The van der Waals surface area contributed by atoms with Crippen LogP contribution in [0, 0.1) is 11.3 Å². The van der Waals surface area contributed by atoms with E-state index in [4.69, 9.17) is 18.9 Å². The van der Waals surface area contributed by atoms with Crippen LogP contribution in [0.25, 0.3) is 6.08 Å². The van der Waals surface area contributed by atoms with E-state index in [0.717, 1.165) is 5.56 Å². The molecule has 0 spiro atoms. The molecular formula is C34H30BrN3O6S. The van der Waals surface area contributed by atoms with Gasteiger partial charge >= 0.3 is 5.97 Å². The molecule has 0 aliphatic carbocycles. The number of hydrogen-bond donors (Lipinski definition) is 0. The predicted molar refractivity (Wildman–Crippen MR) is 174 cm³/mol. The number of aromatic nitrogens is 1. The summed E-state index contributed by atoms with van der Waals surface area (Å²) in [4.78, 5) is 32.7. The van der Waals surface area contributed by atoms with E-state index in [1.54, 1.807) is 44.2 Å². The molecule has 5 rings (SSSR count). The minimum absolute atomic E-state index is 0.163. The third-order valence-corrected chi connectivity index (χ3v) is 8.79. The van der Waals surface area contributed by atoms with Crippen molar-refractivity contribution in [3.63, 3.8) is 0 Å². The first-order valence-corrected chi connectivity index (χ1v) is 15.8. The quantitative estimate of drug-likeness (QED) is 0.205. The van der Waals surface area contributed by atoms with Crippen molar-refractivity contribution in [1.82, 2.24) is 4.57 Å². The molecule has 0 radical (unpaired) electrons. The number of fused-ring (bicyclic) bond motifs is 1. The van der Waals surface area contributed by atoms with Crippen molar-refractivity contribution in [1.29, 1.82) is 5.26 Å². The summed E-state index contributed by atoms with van der Waals surface area (Å²) in [6, 6.07) is 19.5. The van der Waals surface area contributed by atoms with Crippen LogP contribution in [-0.2, 0) is 16.1 Å². The van der Waals surface area contributed by atoms with Crippen molar-refractivity contribution in [3.8, 4) is 23.3 Å². The number of nitriles is 1. The summed E-state index contributed by atoms with van der Waals surface area (Å²) in [6.45, 7) is 6.12. The molecule has 0 unspecified atom stereocenters. The van der Waals surface area contributed by atoms with E-state index in [1.807, 2.05) is 43.3 Å². The van der Waals surface area contributed by atoms with Gasteiger partial charge in [-0.1, -0.05) is 63.7 Å². The SMILES string of the molecule is CCOC(=O)C1=C(C)N=c2s/c(=C/c3ccccc3OCc3ccccc3C#N)c(=O)n2[C@@H]1c1cc(OC)c(OCC)cc1Br. The van der Waals surface area contributed by atoms with Gasteiger partial charge in [-0.05, 0) is 56.7 Å². The fraction of sp³-hybridized carbons (Fsp3) is 0.235. The Morgan fingerprint density at radius 1 is 1.07 bits per heavy atom.